The molecule has 1 aliphatic rings. The van der Waals surface area contributed by atoms with Crippen LogP contribution in [-0.4, -0.2) is 43.5 Å². The van der Waals surface area contributed by atoms with Crippen LogP contribution in [0, 0.1) is 46.5 Å². The Morgan fingerprint density at radius 2 is 0.679 bits per heavy atom. The van der Waals surface area contributed by atoms with Gasteiger partial charge in [-0.2, -0.15) is 17.6 Å². The van der Waals surface area contributed by atoms with Crippen molar-refractivity contribution in [2.24, 2.45) is 0 Å². The van der Waals surface area contributed by atoms with E-state index < -0.39 is 101 Å². The third-order valence-electron chi connectivity index (χ3n) is 18.8. The molecular weight excluding hydrogens is 1530 g/mol. The smallest absolute Gasteiger partial charge is 0.338 e. The first-order valence-electron chi connectivity index (χ1n) is 36.0. The molecule has 112 heavy (non-hydrogen) atoms. The van der Waals surface area contributed by atoms with Gasteiger partial charge in [-0.05, 0) is 189 Å². The van der Waals surface area contributed by atoms with Crippen LogP contribution in [0.1, 0.15) is 159 Å². The fourth-order valence-corrected chi connectivity index (χ4v) is 17.4. The highest BCUT2D eigenvalue weighted by molar-refractivity contribution is 7.97. The molecular formula is C88H82F8O12S4. The van der Waals surface area contributed by atoms with Gasteiger partial charge in [0, 0.05) is 0 Å². The monoisotopic (exact) mass is 1610 g/mol. The molecule has 0 radical (unpaired) electrons. The molecule has 11 aromatic rings. The average molecular weight is 1610 g/mol. The third-order valence-corrected chi connectivity index (χ3v) is 25.0. The van der Waals surface area contributed by atoms with E-state index in [2.05, 4.69) is 116 Å². The number of benzene rings is 11. The zero-order chi connectivity index (χ0) is 80.9. The zero-order valence-electron chi connectivity index (χ0n) is 62.0. The molecule has 0 aromatic heterocycles. The van der Waals surface area contributed by atoms with Gasteiger partial charge in [-0.3, -0.25) is 0 Å². The number of rotatable bonds is 24. The summed E-state index contributed by atoms with van der Waals surface area (Å²) in [5.74, 6) is -20.4. The molecule has 24 heteroatoms. The first kappa shape index (κ1) is 85.9. The maximum Gasteiger partial charge on any atom is 0.338 e. The normalized spacial score (nSPS) is 13.3. The van der Waals surface area contributed by atoms with Gasteiger partial charge in [0.05, 0.1) is 32.9 Å². The van der Waals surface area contributed by atoms with Crippen molar-refractivity contribution in [3.8, 4) is 11.5 Å². The van der Waals surface area contributed by atoms with Gasteiger partial charge in [0.1, 0.15) is 54.9 Å². The maximum atomic E-state index is 13.8. The van der Waals surface area contributed by atoms with Gasteiger partial charge in [0.2, 0.25) is 23.3 Å². The van der Waals surface area contributed by atoms with Crippen LogP contribution < -0.4 is 9.47 Å². The van der Waals surface area contributed by atoms with E-state index in [0.29, 0.717) is 34.1 Å². The second-order valence-corrected chi connectivity index (χ2v) is 33.0. The summed E-state index contributed by atoms with van der Waals surface area (Å²) in [5, 5.41) is 0. The maximum absolute atomic E-state index is 13.8. The molecule has 0 N–H and O–H groups in total. The van der Waals surface area contributed by atoms with E-state index in [9.17, 15) is 70.7 Å². The second kappa shape index (κ2) is 39.9. The van der Waals surface area contributed by atoms with E-state index in [1.165, 1.54) is 35.8 Å². The number of hydrogen-bond acceptors (Lipinski definition) is 12. The van der Waals surface area contributed by atoms with Crippen LogP contribution in [0.5, 0.6) is 11.5 Å². The van der Waals surface area contributed by atoms with Gasteiger partial charge < -0.3 is 28.1 Å². The topological polar surface area (TPSA) is 185 Å². The molecule has 586 valence electrons. The lowest BCUT2D eigenvalue weighted by Gasteiger charge is -2.36. The van der Waals surface area contributed by atoms with Crippen LogP contribution in [0.15, 0.2) is 288 Å². The van der Waals surface area contributed by atoms with Gasteiger partial charge >= 0.3 is 11.9 Å². The van der Waals surface area contributed by atoms with Crippen LogP contribution in [0.4, 0.5) is 35.1 Å². The quantitative estimate of drug-likeness (QED) is 0.0184. The van der Waals surface area contributed by atoms with Crippen molar-refractivity contribution in [1.29, 1.82) is 0 Å². The van der Waals surface area contributed by atoms with Crippen LogP contribution >= 0.6 is 0 Å². The van der Waals surface area contributed by atoms with Crippen molar-refractivity contribution in [3.63, 3.8) is 0 Å². The lowest BCUT2D eigenvalue weighted by atomic mass is 9.82. The molecule has 1 fully saturated rings. The van der Waals surface area contributed by atoms with Crippen molar-refractivity contribution >= 4 is 54.0 Å². The molecule has 1 aliphatic carbocycles. The zero-order valence-corrected chi connectivity index (χ0v) is 65.3. The molecule has 0 spiro atoms. The van der Waals surface area contributed by atoms with Crippen molar-refractivity contribution in [2.45, 2.75) is 169 Å². The van der Waals surface area contributed by atoms with E-state index in [4.69, 9.17) is 18.9 Å². The predicted octanol–water partition coefficient (Wildman–Crippen LogP) is 22.2. The summed E-state index contributed by atoms with van der Waals surface area (Å²) in [6.07, 6.45) is 7.95. The van der Waals surface area contributed by atoms with Gasteiger partial charge in [0.25, 0.3) is 0 Å². The van der Waals surface area contributed by atoms with Crippen LogP contribution in [0.3, 0.4) is 0 Å². The van der Waals surface area contributed by atoms with E-state index >= 15 is 0 Å². The van der Waals surface area contributed by atoms with Gasteiger partial charge in [-0.15, -0.1) is 0 Å². The molecule has 0 bridgehead atoms. The van der Waals surface area contributed by atoms with Gasteiger partial charge in [-0.25, -0.2) is 44.0 Å². The Bertz CT molecular complexity index is 4870. The molecule has 3 unspecified atom stereocenters. The molecule has 0 aliphatic heterocycles. The Labute approximate surface area is 654 Å². The van der Waals surface area contributed by atoms with E-state index in [0.717, 1.165) is 61.6 Å². The second-order valence-electron chi connectivity index (χ2n) is 26.3. The van der Waals surface area contributed by atoms with Crippen molar-refractivity contribution in [1.82, 2.24) is 0 Å². The lowest BCUT2D eigenvalue weighted by molar-refractivity contribution is -0.0398. The number of carbonyl (C=O) groups is 2. The van der Waals surface area contributed by atoms with E-state index in [-0.39, 0.29) is 45.4 Å². The minimum absolute atomic E-state index is 0.190. The van der Waals surface area contributed by atoms with Crippen molar-refractivity contribution in [3.05, 3.63) is 334 Å². The summed E-state index contributed by atoms with van der Waals surface area (Å²) < 4.78 is 196. The number of esters is 2. The fraction of sp³-hybridized carbons (Fsp3) is 0.227. The molecule has 3 atom stereocenters. The molecule has 1 saturated carbocycles. The molecule has 12 rings (SSSR count). The largest absolute Gasteiger partial charge is 0.744 e. The molecule has 0 saturated heterocycles. The molecule has 0 heterocycles. The molecule has 12 nitrogen and oxygen atoms in total. The fourth-order valence-electron chi connectivity index (χ4n) is 12.0. The Balaban J connectivity index is 0.000000172. The standard InChI is InChI=1S/C27H23O2S.C27H29O2S.2C17H16F4O4S/c1-21(22-11-5-2-6-12-22)29-27(28)23-17-19-26(20-18-23)30(24-13-7-3-8-14-24)25-15-9-4-10-16-25;1-2-27(20-10-5-11-21-27)29-26(28)22-16-18-25(19-17-22)30(23-12-6-3-7-13-23)24-14-8-4-9-15-24;2*1-3-9(2)11-6-4-10(5-7-11)8-25-16-12(18)14(20)17(26(22,23)24)15(21)13(16)19/h2-21H,1H3;3-4,6-9,12-19H,2,5,10-11,20-21H2,1H3;2*4-7,9H,3,8H2,1-2H3,(H,22,23,24)/q2*+1;;/p-2. The number of carbonyl (C=O) groups excluding carboxylic acids is 2. The van der Waals surface area contributed by atoms with Crippen LogP contribution in [0.25, 0.3) is 0 Å². The highest BCUT2D eigenvalue weighted by Crippen LogP contribution is 2.39. The SMILES string of the molecule is CC(OC(=O)c1ccc([S+](c2ccccc2)c2ccccc2)cc1)c1ccccc1.CCC(C)c1ccc(COc2c(F)c(F)c(S(=O)(=O)[O-])c(F)c2F)cc1.CCC(C)c1ccc(COc2c(F)c(F)c(S(=O)(=O)[O-])c(F)c2F)cc1.CCC1(OC(=O)c2ccc([S+](c3ccccc3)c3ccccc3)cc2)CCCCC1. The summed E-state index contributed by atoms with van der Waals surface area (Å²) in [5.41, 5.74) is 4.93. The number of hydrogen-bond donors (Lipinski definition) is 0. The average Bonchev–Trinajstić information content (AvgIpc) is 0.773. The minimum atomic E-state index is -5.74. The Kier molecular flexibility index (Phi) is 30.6. The van der Waals surface area contributed by atoms with Gasteiger partial charge in [0.15, 0.2) is 64.1 Å². The predicted molar refractivity (Wildman–Crippen MR) is 412 cm³/mol. The lowest BCUT2D eigenvalue weighted by Crippen LogP contribution is -2.36. The number of ether oxygens (including phenoxy) is 4. The molecule has 0 amide bonds. The first-order valence-corrected chi connectivity index (χ1v) is 41.3. The Morgan fingerprint density at radius 3 is 0.973 bits per heavy atom. The van der Waals surface area contributed by atoms with Gasteiger partial charge in [-0.1, -0.05) is 193 Å². The Morgan fingerprint density at radius 1 is 0.384 bits per heavy atom. The van der Waals surface area contributed by atoms with Crippen molar-refractivity contribution < 1.29 is 89.6 Å². The summed E-state index contributed by atoms with van der Waals surface area (Å²) >= 11 is 0. The summed E-state index contributed by atoms with van der Waals surface area (Å²) in [7, 11) is -11.9. The van der Waals surface area contributed by atoms with Crippen LogP contribution in [0.2, 0.25) is 0 Å². The summed E-state index contributed by atoms with van der Waals surface area (Å²) in [6.45, 7) is 11.3. The van der Waals surface area contributed by atoms with E-state index in [1.807, 2.05) is 126 Å². The Hall–Kier alpha value is -10.1. The third kappa shape index (κ3) is 22.2. The van der Waals surface area contributed by atoms with Crippen molar-refractivity contribution in [2.75, 3.05) is 0 Å². The summed E-state index contributed by atoms with van der Waals surface area (Å²) in [4.78, 5) is 28.5. The number of halogens is 8. The van der Waals surface area contributed by atoms with E-state index in [1.54, 1.807) is 48.5 Å². The first-order chi connectivity index (χ1) is 53.6. The van der Waals surface area contributed by atoms with Crippen LogP contribution in [-0.2, 0) is 64.7 Å². The minimum Gasteiger partial charge on any atom is -0.744 e. The molecule has 11 aromatic carbocycles. The summed E-state index contributed by atoms with van der Waals surface area (Å²) in [6, 6.07) is 81.3. The highest BCUT2D eigenvalue weighted by atomic mass is 32.2. The highest BCUT2D eigenvalue weighted by Gasteiger charge is 2.37.